The first-order chi connectivity index (χ1) is 11.7. The Morgan fingerprint density at radius 1 is 1.16 bits per heavy atom. The summed E-state index contributed by atoms with van der Waals surface area (Å²) >= 11 is 6.00. The SMILES string of the molecule is COc1ccc(C(NC(=O)CCCC(=O)NC(C)C)C(=O)O)cc1Cl. The van der Waals surface area contributed by atoms with Gasteiger partial charge in [-0.25, -0.2) is 4.79 Å². The lowest BCUT2D eigenvalue weighted by molar-refractivity contribution is -0.142. The standard InChI is InChI=1S/C17H23ClN2O5/c1-10(2)19-14(21)5-4-6-15(22)20-16(17(23)24)11-7-8-13(25-3)12(18)9-11/h7-10,16H,4-6H2,1-3H3,(H,19,21)(H,20,22)(H,23,24). The Labute approximate surface area is 151 Å². The number of amides is 2. The summed E-state index contributed by atoms with van der Waals surface area (Å²) in [6.45, 7) is 3.70. The van der Waals surface area contributed by atoms with Crippen LogP contribution in [0.5, 0.6) is 5.75 Å². The van der Waals surface area contributed by atoms with Crippen LogP contribution in [0.25, 0.3) is 0 Å². The second-order valence-electron chi connectivity index (χ2n) is 5.81. The van der Waals surface area contributed by atoms with Crippen molar-refractivity contribution in [2.75, 3.05) is 7.11 Å². The average Bonchev–Trinajstić information content (AvgIpc) is 2.51. The van der Waals surface area contributed by atoms with Crippen LogP contribution in [0.4, 0.5) is 0 Å². The number of hydrogen-bond donors (Lipinski definition) is 3. The van der Waals surface area contributed by atoms with Crippen molar-refractivity contribution in [3.8, 4) is 5.75 Å². The summed E-state index contributed by atoms with van der Waals surface area (Å²) in [5, 5.41) is 14.8. The van der Waals surface area contributed by atoms with E-state index in [0.29, 0.717) is 17.7 Å². The summed E-state index contributed by atoms with van der Waals surface area (Å²) in [6, 6.07) is 3.32. The Morgan fingerprint density at radius 3 is 2.24 bits per heavy atom. The largest absolute Gasteiger partial charge is 0.495 e. The molecule has 7 nitrogen and oxygen atoms in total. The molecule has 0 aliphatic rings. The van der Waals surface area contributed by atoms with E-state index in [4.69, 9.17) is 16.3 Å². The Hall–Kier alpha value is -2.28. The fourth-order valence-electron chi connectivity index (χ4n) is 2.19. The third kappa shape index (κ3) is 7.01. The van der Waals surface area contributed by atoms with E-state index >= 15 is 0 Å². The van der Waals surface area contributed by atoms with Gasteiger partial charge >= 0.3 is 5.97 Å². The number of ether oxygens (including phenoxy) is 1. The van der Waals surface area contributed by atoms with Gasteiger partial charge in [-0.15, -0.1) is 0 Å². The van der Waals surface area contributed by atoms with Crippen molar-refractivity contribution in [3.63, 3.8) is 0 Å². The van der Waals surface area contributed by atoms with Crippen LogP contribution >= 0.6 is 11.6 Å². The molecule has 1 rings (SSSR count). The first-order valence-electron chi connectivity index (χ1n) is 7.89. The summed E-state index contributed by atoms with van der Waals surface area (Å²) in [4.78, 5) is 35.0. The van der Waals surface area contributed by atoms with E-state index in [1.807, 2.05) is 13.8 Å². The molecule has 0 spiro atoms. The van der Waals surface area contributed by atoms with Gasteiger partial charge in [0.25, 0.3) is 0 Å². The third-order valence-corrected chi connectivity index (χ3v) is 3.61. The highest BCUT2D eigenvalue weighted by atomic mass is 35.5. The smallest absolute Gasteiger partial charge is 0.330 e. The zero-order valence-corrected chi connectivity index (χ0v) is 15.2. The van der Waals surface area contributed by atoms with Gasteiger partial charge in [-0.05, 0) is 38.0 Å². The number of benzene rings is 1. The van der Waals surface area contributed by atoms with Gasteiger partial charge in [-0.1, -0.05) is 17.7 Å². The normalized spacial score (nSPS) is 11.7. The predicted octanol–water partition coefficient (Wildman–Crippen LogP) is 2.29. The molecule has 138 valence electrons. The number of methoxy groups -OCH3 is 1. The van der Waals surface area contributed by atoms with Gasteiger partial charge in [0.1, 0.15) is 5.75 Å². The molecule has 0 bridgehead atoms. The van der Waals surface area contributed by atoms with E-state index in [1.165, 1.54) is 25.3 Å². The van der Waals surface area contributed by atoms with Crippen molar-refractivity contribution in [1.82, 2.24) is 10.6 Å². The highest BCUT2D eigenvalue weighted by molar-refractivity contribution is 6.32. The number of carbonyl (C=O) groups is 3. The number of halogens is 1. The molecule has 25 heavy (non-hydrogen) atoms. The minimum atomic E-state index is -1.22. The first kappa shape index (κ1) is 20.8. The molecule has 0 radical (unpaired) electrons. The van der Waals surface area contributed by atoms with Crippen LogP contribution in [0.15, 0.2) is 18.2 Å². The minimum absolute atomic E-state index is 0.0394. The van der Waals surface area contributed by atoms with Crippen LogP contribution in [0.3, 0.4) is 0 Å². The molecule has 0 aliphatic heterocycles. The lowest BCUT2D eigenvalue weighted by Crippen LogP contribution is -2.34. The number of rotatable bonds is 9. The molecule has 2 amide bonds. The Balaban J connectivity index is 2.63. The van der Waals surface area contributed by atoms with E-state index < -0.39 is 17.9 Å². The van der Waals surface area contributed by atoms with Crippen molar-refractivity contribution in [1.29, 1.82) is 0 Å². The molecule has 0 saturated heterocycles. The Bertz CT molecular complexity index is 633. The summed E-state index contributed by atoms with van der Waals surface area (Å²) in [5.74, 6) is -1.37. The molecule has 0 heterocycles. The van der Waals surface area contributed by atoms with Crippen molar-refractivity contribution in [2.24, 2.45) is 0 Å². The van der Waals surface area contributed by atoms with Crippen molar-refractivity contribution >= 4 is 29.4 Å². The molecule has 3 N–H and O–H groups in total. The molecular formula is C17H23ClN2O5. The average molecular weight is 371 g/mol. The summed E-state index contributed by atoms with van der Waals surface area (Å²) in [6.07, 6.45) is 0.594. The van der Waals surface area contributed by atoms with E-state index in [1.54, 1.807) is 0 Å². The van der Waals surface area contributed by atoms with Gasteiger partial charge in [0, 0.05) is 18.9 Å². The number of aliphatic carboxylic acids is 1. The lowest BCUT2D eigenvalue weighted by atomic mass is 10.1. The van der Waals surface area contributed by atoms with Crippen molar-refractivity contribution < 1.29 is 24.2 Å². The Kier molecular flexibility index (Phi) is 8.21. The topological polar surface area (TPSA) is 105 Å². The van der Waals surface area contributed by atoms with E-state index in [0.717, 1.165) is 0 Å². The van der Waals surface area contributed by atoms with Gasteiger partial charge in [0.05, 0.1) is 12.1 Å². The molecule has 0 saturated carbocycles. The highest BCUT2D eigenvalue weighted by Gasteiger charge is 2.23. The lowest BCUT2D eigenvalue weighted by Gasteiger charge is -2.16. The molecule has 1 atom stereocenters. The predicted molar refractivity (Wildman–Crippen MR) is 93.7 cm³/mol. The highest BCUT2D eigenvalue weighted by Crippen LogP contribution is 2.27. The maximum Gasteiger partial charge on any atom is 0.330 e. The van der Waals surface area contributed by atoms with Crippen molar-refractivity contribution in [3.05, 3.63) is 28.8 Å². The van der Waals surface area contributed by atoms with E-state index in [-0.39, 0.29) is 29.8 Å². The number of hydrogen-bond acceptors (Lipinski definition) is 4. The number of nitrogens with one attached hydrogen (secondary N) is 2. The molecule has 1 unspecified atom stereocenters. The van der Waals surface area contributed by atoms with Crippen LogP contribution in [0.1, 0.15) is 44.7 Å². The van der Waals surface area contributed by atoms with Crippen molar-refractivity contribution in [2.45, 2.75) is 45.2 Å². The monoisotopic (exact) mass is 370 g/mol. The summed E-state index contributed by atoms with van der Waals surface area (Å²) in [5.41, 5.74) is 0.337. The minimum Gasteiger partial charge on any atom is -0.495 e. The number of carboxylic acids is 1. The second kappa shape index (κ2) is 9.88. The first-order valence-corrected chi connectivity index (χ1v) is 8.27. The molecule has 0 fully saturated rings. The fourth-order valence-corrected chi connectivity index (χ4v) is 2.45. The maximum atomic E-state index is 12.0. The Morgan fingerprint density at radius 2 is 1.76 bits per heavy atom. The van der Waals surface area contributed by atoms with Crippen LogP contribution in [0, 0.1) is 0 Å². The molecular weight excluding hydrogens is 348 g/mol. The molecule has 1 aromatic rings. The molecule has 0 aromatic heterocycles. The van der Waals surface area contributed by atoms with Crippen LogP contribution < -0.4 is 15.4 Å². The summed E-state index contributed by atoms with van der Waals surface area (Å²) < 4.78 is 5.02. The van der Waals surface area contributed by atoms with Gasteiger partial charge in [-0.3, -0.25) is 9.59 Å². The van der Waals surface area contributed by atoms with E-state index in [2.05, 4.69) is 10.6 Å². The molecule has 1 aromatic carbocycles. The zero-order chi connectivity index (χ0) is 19.0. The zero-order valence-electron chi connectivity index (χ0n) is 14.5. The van der Waals surface area contributed by atoms with Crippen LogP contribution in [-0.2, 0) is 14.4 Å². The summed E-state index contributed by atoms with van der Waals surface area (Å²) in [7, 11) is 1.45. The van der Waals surface area contributed by atoms with Gasteiger partial charge in [0.2, 0.25) is 11.8 Å². The van der Waals surface area contributed by atoms with Gasteiger partial charge in [-0.2, -0.15) is 0 Å². The van der Waals surface area contributed by atoms with Gasteiger partial charge < -0.3 is 20.5 Å². The third-order valence-electron chi connectivity index (χ3n) is 3.32. The molecule has 8 heteroatoms. The number of carboxylic acid groups (broad SMARTS) is 1. The molecule has 0 aliphatic carbocycles. The van der Waals surface area contributed by atoms with Crippen LogP contribution in [0.2, 0.25) is 5.02 Å². The van der Waals surface area contributed by atoms with Crippen LogP contribution in [-0.4, -0.2) is 36.0 Å². The van der Waals surface area contributed by atoms with Gasteiger partial charge in [0.15, 0.2) is 6.04 Å². The number of carbonyl (C=O) groups excluding carboxylic acids is 2. The quantitative estimate of drug-likeness (QED) is 0.618. The fraction of sp³-hybridized carbons (Fsp3) is 0.471. The maximum absolute atomic E-state index is 12.0. The van der Waals surface area contributed by atoms with E-state index in [9.17, 15) is 19.5 Å². The second-order valence-corrected chi connectivity index (χ2v) is 6.22.